The molecule has 0 saturated carbocycles. The first-order valence-electron chi connectivity index (χ1n) is 10.5. The van der Waals surface area contributed by atoms with Crippen LogP contribution in [-0.2, 0) is 17.8 Å². The van der Waals surface area contributed by atoms with Gasteiger partial charge in [-0.2, -0.15) is 5.10 Å². The first-order chi connectivity index (χ1) is 16.6. The topological polar surface area (TPSA) is 103 Å². The molecule has 8 nitrogen and oxygen atoms in total. The molecule has 3 aromatic heterocycles. The Kier molecular flexibility index (Phi) is 5.65. The molecule has 0 fully saturated rings. The Labute approximate surface area is 192 Å². The average molecular weight is 455 g/mol. The largest absolute Gasteiger partial charge is 0.338 e. The highest BCUT2D eigenvalue weighted by Crippen LogP contribution is 2.22. The minimum atomic E-state index is -0.515. The number of hydrogen-bond acceptors (Lipinski definition) is 6. The van der Waals surface area contributed by atoms with Crippen molar-refractivity contribution in [3.05, 3.63) is 107 Å². The van der Waals surface area contributed by atoms with E-state index < -0.39 is 11.7 Å². The number of fused-ring (bicyclic) bond motifs is 1. The van der Waals surface area contributed by atoms with Gasteiger partial charge in [-0.05, 0) is 29.8 Å². The Morgan fingerprint density at radius 3 is 2.68 bits per heavy atom. The van der Waals surface area contributed by atoms with E-state index in [0.717, 1.165) is 15.6 Å². The van der Waals surface area contributed by atoms with Gasteiger partial charge < -0.3 is 4.52 Å². The molecular formula is C25H18FN5O3. The molecule has 5 rings (SSSR count). The van der Waals surface area contributed by atoms with Crippen molar-refractivity contribution in [2.75, 3.05) is 5.32 Å². The molecule has 0 bridgehead atoms. The summed E-state index contributed by atoms with van der Waals surface area (Å²) in [7, 11) is 0. The zero-order chi connectivity index (χ0) is 23.5. The minimum absolute atomic E-state index is 0.0775. The lowest BCUT2D eigenvalue weighted by Crippen LogP contribution is -2.30. The van der Waals surface area contributed by atoms with Crippen LogP contribution >= 0.6 is 0 Å². The number of carbonyl (C=O) groups is 1. The molecule has 0 unspecified atom stereocenters. The Bertz CT molecular complexity index is 1550. The Morgan fingerprint density at radius 1 is 1.03 bits per heavy atom. The summed E-state index contributed by atoms with van der Waals surface area (Å²) < 4.78 is 19.7. The summed E-state index contributed by atoms with van der Waals surface area (Å²) in [4.78, 5) is 29.8. The number of amides is 1. The predicted molar refractivity (Wildman–Crippen MR) is 124 cm³/mol. The van der Waals surface area contributed by atoms with Crippen molar-refractivity contribution in [3.63, 3.8) is 0 Å². The maximum Gasteiger partial charge on any atom is 0.275 e. The average Bonchev–Trinajstić information content (AvgIpc) is 3.31. The van der Waals surface area contributed by atoms with Crippen LogP contribution in [0, 0.1) is 5.82 Å². The second kappa shape index (κ2) is 9.07. The minimum Gasteiger partial charge on any atom is -0.338 e. The van der Waals surface area contributed by atoms with E-state index in [0.29, 0.717) is 28.8 Å². The van der Waals surface area contributed by atoms with Gasteiger partial charge in [0.05, 0.1) is 11.1 Å². The quantitative estimate of drug-likeness (QED) is 0.418. The van der Waals surface area contributed by atoms with Crippen LogP contribution in [0.4, 0.5) is 10.3 Å². The van der Waals surface area contributed by atoms with Crippen LogP contribution < -0.4 is 10.9 Å². The maximum atomic E-state index is 13.5. The second-order valence-corrected chi connectivity index (χ2v) is 7.63. The van der Waals surface area contributed by atoms with Crippen molar-refractivity contribution >= 4 is 22.6 Å². The standard InChI is InChI=1S/C25H18FN5O3/c26-18-7-3-6-17(12-18)21-13-24(34-30-21)28-23(32)15-31-25(33)20-9-2-1-8-19(20)22(29-31)11-16-5-4-10-27-14-16/h1-10,12-14H,11,15H2,(H,28,32). The van der Waals surface area contributed by atoms with Crippen LogP contribution in [-0.4, -0.2) is 25.8 Å². The van der Waals surface area contributed by atoms with Crippen molar-refractivity contribution in [2.24, 2.45) is 0 Å². The molecule has 0 aliphatic rings. The first-order valence-corrected chi connectivity index (χ1v) is 10.5. The zero-order valence-electron chi connectivity index (χ0n) is 17.8. The molecule has 0 radical (unpaired) electrons. The van der Waals surface area contributed by atoms with E-state index in [-0.39, 0.29) is 18.0 Å². The molecule has 0 saturated heterocycles. The number of hydrogen-bond donors (Lipinski definition) is 1. The Balaban J connectivity index is 1.40. The van der Waals surface area contributed by atoms with Gasteiger partial charge in [-0.1, -0.05) is 41.6 Å². The number of halogens is 1. The van der Waals surface area contributed by atoms with Crippen LogP contribution in [0.25, 0.3) is 22.0 Å². The predicted octanol–water partition coefficient (Wildman–Crippen LogP) is 3.82. The van der Waals surface area contributed by atoms with Gasteiger partial charge in [-0.15, -0.1) is 0 Å². The summed E-state index contributed by atoms with van der Waals surface area (Å²) in [5.74, 6) is -0.845. The first kappa shape index (κ1) is 21.2. The molecule has 0 atom stereocenters. The summed E-state index contributed by atoms with van der Waals surface area (Å²) in [6.45, 7) is -0.320. The molecule has 2 aromatic carbocycles. The number of carbonyl (C=O) groups excluding carboxylic acids is 1. The van der Waals surface area contributed by atoms with Crippen molar-refractivity contribution in [1.82, 2.24) is 19.9 Å². The summed E-state index contributed by atoms with van der Waals surface area (Å²) in [5, 5.41) is 12.1. The van der Waals surface area contributed by atoms with E-state index in [1.165, 1.54) is 18.2 Å². The van der Waals surface area contributed by atoms with Gasteiger partial charge in [0.1, 0.15) is 18.1 Å². The SMILES string of the molecule is O=C(Cn1nc(Cc2cccnc2)c2ccccc2c1=O)Nc1cc(-c2cccc(F)c2)no1. The fourth-order valence-corrected chi connectivity index (χ4v) is 3.67. The molecule has 168 valence electrons. The van der Waals surface area contributed by atoms with E-state index in [1.54, 1.807) is 36.7 Å². The highest BCUT2D eigenvalue weighted by molar-refractivity contribution is 5.90. The molecule has 34 heavy (non-hydrogen) atoms. The fourth-order valence-electron chi connectivity index (χ4n) is 3.67. The summed E-state index contributed by atoms with van der Waals surface area (Å²) in [5.41, 5.74) is 2.09. The molecule has 1 amide bonds. The molecule has 9 heteroatoms. The second-order valence-electron chi connectivity index (χ2n) is 7.63. The number of aromatic nitrogens is 4. The third-order valence-corrected chi connectivity index (χ3v) is 5.23. The lowest BCUT2D eigenvalue weighted by molar-refractivity contribution is -0.117. The third kappa shape index (κ3) is 4.44. The third-order valence-electron chi connectivity index (χ3n) is 5.23. The maximum absolute atomic E-state index is 13.5. The van der Waals surface area contributed by atoms with E-state index >= 15 is 0 Å². The smallest absolute Gasteiger partial charge is 0.275 e. The molecule has 0 spiro atoms. The molecule has 5 aromatic rings. The van der Waals surface area contributed by atoms with Crippen LogP contribution in [0.1, 0.15) is 11.3 Å². The highest BCUT2D eigenvalue weighted by Gasteiger charge is 2.15. The van der Waals surface area contributed by atoms with Crippen molar-refractivity contribution in [2.45, 2.75) is 13.0 Å². The van der Waals surface area contributed by atoms with E-state index in [9.17, 15) is 14.0 Å². The van der Waals surface area contributed by atoms with Crippen molar-refractivity contribution in [1.29, 1.82) is 0 Å². The van der Waals surface area contributed by atoms with Gasteiger partial charge in [-0.25, -0.2) is 9.07 Å². The number of nitrogens with one attached hydrogen (secondary N) is 1. The molecule has 0 aliphatic heterocycles. The van der Waals surface area contributed by atoms with Crippen molar-refractivity contribution < 1.29 is 13.7 Å². The van der Waals surface area contributed by atoms with Gasteiger partial charge in [0.25, 0.3) is 5.56 Å². The zero-order valence-corrected chi connectivity index (χ0v) is 17.8. The van der Waals surface area contributed by atoms with Crippen LogP contribution in [0.5, 0.6) is 0 Å². The fraction of sp³-hybridized carbons (Fsp3) is 0.0800. The Hall–Kier alpha value is -4.66. The molecule has 1 N–H and O–H groups in total. The number of rotatable bonds is 6. The number of anilines is 1. The molecule has 3 heterocycles. The normalized spacial score (nSPS) is 11.0. The lowest BCUT2D eigenvalue weighted by atomic mass is 10.1. The van der Waals surface area contributed by atoms with E-state index in [2.05, 4.69) is 20.6 Å². The van der Waals surface area contributed by atoms with Gasteiger partial charge in [0.15, 0.2) is 0 Å². The lowest BCUT2D eigenvalue weighted by Gasteiger charge is -2.11. The number of nitrogens with zero attached hydrogens (tertiary/aromatic N) is 4. The summed E-state index contributed by atoms with van der Waals surface area (Å²) in [6.07, 6.45) is 3.87. The Morgan fingerprint density at radius 2 is 1.88 bits per heavy atom. The van der Waals surface area contributed by atoms with Gasteiger partial charge in [0, 0.05) is 35.8 Å². The van der Waals surface area contributed by atoms with Crippen molar-refractivity contribution in [3.8, 4) is 11.3 Å². The summed E-state index contributed by atoms with van der Waals surface area (Å²) in [6, 6.07) is 18.3. The molecule has 0 aliphatic carbocycles. The summed E-state index contributed by atoms with van der Waals surface area (Å²) >= 11 is 0. The number of benzene rings is 2. The number of pyridine rings is 1. The van der Waals surface area contributed by atoms with Gasteiger partial charge in [-0.3, -0.25) is 19.9 Å². The van der Waals surface area contributed by atoms with Gasteiger partial charge in [0.2, 0.25) is 11.8 Å². The van der Waals surface area contributed by atoms with Crippen LogP contribution in [0.3, 0.4) is 0 Å². The van der Waals surface area contributed by atoms with E-state index in [1.807, 2.05) is 24.3 Å². The monoisotopic (exact) mass is 455 g/mol. The van der Waals surface area contributed by atoms with Crippen LogP contribution in [0.2, 0.25) is 0 Å². The van der Waals surface area contributed by atoms with E-state index in [4.69, 9.17) is 4.52 Å². The highest BCUT2D eigenvalue weighted by atomic mass is 19.1. The van der Waals surface area contributed by atoms with Crippen LogP contribution in [0.15, 0.2) is 88.4 Å². The van der Waals surface area contributed by atoms with Gasteiger partial charge >= 0.3 is 0 Å². The molecular weight excluding hydrogens is 437 g/mol.